The third kappa shape index (κ3) is 4.39. The number of amides is 3. The maximum atomic E-state index is 13.6. The second-order valence-corrected chi connectivity index (χ2v) is 9.73. The van der Waals surface area contributed by atoms with E-state index < -0.39 is 5.41 Å². The lowest BCUT2D eigenvalue weighted by atomic mass is 9.75. The van der Waals surface area contributed by atoms with Crippen LogP contribution in [0, 0.1) is 0 Å². The molecule has 178 valence electrons. The molecule has 0 saturated carbocycles. The predicted molar refractivity (Wildman–Crippen MR) is 136 cm³/mol. The molecule has 0 bridgehead atoms. The Bertz CT molecular complexity index is 1220. The van der Waals surface area contributed by atoms with Crippen LogP contribution in [0.3, 0.4) is 0 Å². The molecule has 35 heavy (non-hydrogen) atoms. The summed E-state index contributed by atoms with van der Waals surface area (Å²) in [7, 11) is 1.52. The molecule has 2 saturated heterocycles. The summed E-state index contributed by atoms with van der Waals surface area (Å²) in [6, 6.07) is 28.1. The third-order valence-electron chi connectivity index (χ3n) is 7.58. The Kier molecular flexibility index (Phi) is 6.25. The fraction of sp³-hybridized carbons (Fsp3) is 0.300. The van der Waals surface area contributed by atoms with Crippen molar-refractivity contribution in [2.45, 2.75) is 37.0 Å². The second kappa shape index (κ2) is 9.49. The van der Waals surface area contributed by atoms with E-state index in [1.54, 1.807) is 0 Å². The molecule has 2 fully saturated rings. The van der Waals surface area contributed by atoms with Crippen LogP contribution in [0.25, 0.3) is 11.1 Å². The van der Waals surface area contributed by atoms with Crippen molar-refractivity contribution in [3.05, 3.63) is 96.1 Å². The van der Waals surface area contributed by atoms with Crippen molar-refractivity contribution in [3.63, 3.8) is 0 Å². The van der Waals surface area contributed by atoms with Crippen LogP contribution in [0.4, 0.5) is 0 Å². The maximum absolute atomic E-state index is 13.6. The van der Waals surface area contributed by atoms with E-state index in [1.165, 1.54) is 17.5 Å². The fourth-order valence-corrected chi connectivity index (χ4v) is 5.54. The molecule has 5 rings (SSSR count). The number of hydrogen-bond donors (Lipinski definition) is 0. The number of likely N-dealkylation sites (N-methyl/N-ethyl adjacent to an activating group) is 1. The molecule has 0 N–H and O–H groups in total. The lowest BCUT2D eigenvalue weighted by Gasteiger charge is -2.35. The zero-order chi connectivity index (χ0) is 24.4. The van der Waals surface area contributed by atoms with Gasteiger partial charge in [0.1, 0.15) is 0 Å². The summed E-state index contributed by atoms with van der Waals surface area (Å²) in [5.74, 6) is -0.302. The van der Waals surface area contributed by atoms with Crippen molar-refractivity contribution in [2.24, 2.45) is 0 Å². The van der Waals surface area contributed by atoms with E-state index >= 15 is 0 Å². The highest BCUT2D eigenvalue weighted by Crippen LogP contribution is 2.41. The Morgan fingerprint density at radius 2 is 1.51 bits per heavy atom. The molecule has 0 radical (unpaired) electrons. The molecule has 3 aromatic rings. The summed E-state index contributed by atoms with van der Waals surface area (Å²) in [5, 5.41) is 0. The predicted octanol–water partition coefficient (Wildman–Crippen LogP) is 4.78. The number of nitrogens with zero attached hydrogens (tertiary/aromatic N) is 2. The lowest BCUT2D eigenvalue weighted by molar-refractivity contribution is -0.141. The Morgan fingerprint density at radius 1 is 0.886 bits per heavy atom. The molecular formula is C30H30N2O3. The highest BCUT2D eigenvalue weighted by Gasteiger charge is 2.53. The SMILES string of the molecule is CN1C(=O)C[C@](CC(=O)N2CCC[C@@H](c3ccccc3)C2)(c2ccc(-c3ccccc3)cc2)C1=O. The Hall–Kier alpha value is -3.73. The summed E-state index contributed by atoms with van der Waals surface area (Å²) in [6.45, 7) is 1.33. The third-order valence-corrected chi connectivity index (χ3v) is 7.58. The van der Waals surface area contributed by atoms with E-state index in [-0.39, 0.29) is 30.6 Å². The van der Waals surface area contributed by atoms with Crippen molar-refractivity contribution in [3.8, 4) is 11.1 Å². The molecule has 5 heteroatoms. The molecule has 2 aliphatic heterocycles. The zero-order valence-corrected chi connectivity index (χ0v) is 20.0. The van der Waals surface area contributed by atoms with Crippen LogP contribution in [-0.2, 0) is 19.8 Å². The Balaban J connectivity index is 1.41. The largest absolute Gasteiger partial charge is 0.342 e. The molecule has 2 aliphatic rings. The first kappa shape index (κ1) is 23.0. The molecule has 0 spiro atoms. The van der Waals surface area contributed by atoms with Crippen LogP contribution in [0.2, 0.25) is 0 Å². The molecule has 3 amide bonds. The maximum Gasteiger partial charge on any atom is 0.240 e. The van der Waals surface area contributed by atoms with Gasteiger partial charge in [0.15, 0.2) is 0 Å². The van der Waals surface area contributed by atoms with Gasteiger partial charge in [0.2, 0.25) is 17.7 Å². The van der Waals surface area contributed by atoms with Gasteiger partial charge in [-0.3, -0.25) is 19.3 Å². The minimum Gasteiger partial charge on any atom is -0.342 e. The van der Waals surface area contributed by atoms with Gasteiger partial charge >= 0.3 is 0 Å². The highest BCUT2D eigenvalue weighted by atomic mass is 16.2. The summed E-state index contributed by atoms with van der Waals surface area (Å²) in [5.41, 5.74) is 2.92. The van der Waals surface area contributed by atoms with E-state index in [2.05, 4.69) is 12.1 Å². The summed E-state index contributed by atoms with van der Waals surface area (Å²) >= 11 is 0. The summed E-state index contributed by atoms with van der Waals surface area (Å²) < 4.78 is 0. The van der Waals surface area contributed by atoms with Crippen molar-refractivity contribution in [1.29, 1.82) is 0 Å². The topological polar surface area (TPSA) is 57.7 Å². The number of imide groups is 1. The van der Waals surface area contributed by atoms with E-state index in [0.29, 0.717) is 19.0 Å². The lowest BCUT2D eigenvalue weighted by Crippen LogP contribution is -2.45. The first-order valence-electron chi connectivity index (χ1n) is 12.3. The monoisotopic (exact) mass is 466 g/mol. The highest BCUT2D eigenvalue weighted by molar-refractivity contribution is 6.10. The minimum atomic E-state index is -1.15. The first-order valence-corrected chi connectivity index (χ1v) is 12.3. The molecular weight excluding hydrogens is 436 g/mol. The number of rotatable bonds is 5. The van der Waals surface area contributed by atoms with E-state index in [4.69, 9.17) is 0 Å². The summed E-state index contributed by atoms with van der Waals surface area (Å²) in [6.07, 6.45) is 2.00. The van der Waals surface area contributed by atoms with Gasteiger partial charge in [0, 0.05) is 38.9 Å². The molecule has 2 atom stereocenters. The average molecular weight is 467 g/mol. The number of piperidine rings is 1. The van der Waals surface area contributed by atoms with Gasteiger partial charge < -0.3 is 4.90 Å². The van der Waals surface area contributed by atoms with Gasteiger partial charge in [-0.2, -0.15) is 0 Å². The number of benzene rings is 3. The Morgan fingerprint density at radius 3 is 2.14 bits per heavy atom. The normalized spacial score (nSPS) is 22.5. The van der Waals surface area contributed by atoms with Gasteiger partial charge in [-0.1, -0.05) is 84.9 Å². The van der Waals surface area contributed by atoms with Crippen LogP contribution >= 0.6 is 0 Å². The molecule has 2 heterocycles. The Labute approximate surface area is 206 Å². The number of likely N-dealkylation sites (tertiary alicyclic amines) is 2. The number of hydrogen-bond acceptors (Lipinski definition) is 3. The van der Waals surface area contributed by atoms with Crippen molar-refractivity contribution < 1.29 is 14.4 Å². The zero-order valence-electron chi connectivity index (χ0n) is 20.0. The van der Waals surface area contributed by atoms with Crippen LogP contribution in [0.5, 0.6) is 0 Å². The molecule has 0 aromatic heterocycles. The van der Waals surface area contributed by atoms with Crippen molar-refractivity contribution >= 4 is 17.7 Å². The van der Waals surface area contributed by atoms with Gasteiger partial charge in [-0.25, -0.2) is 0 Å². The van der Waals surface area contributed by atoms with Gasteiger partial charge in [0.05, 0.1) is 5.41 Å². The van der Waals surface area contributed by atoms with Gasteiger partial charge in [-0.15, -0.1) is 0 Å². The molecule has 3 aromatic carbocycles. The molecule has 0 aliphatic carbocycles. The molecule has 0 unspecified atom stereocenters. The number of carbonyl (C=O) groups excluding carboxylic acids is 3. The van der Waals surface area contributed by atoms with Gasteiger partial charge in [-0.05, 0) is 35.1 Å². The molecule has 5 nitrogen and oxygen atoms in total. The smallest absolute Gasteiger partial charge is 0.240 e. The van der Waals surface area contributed by atoms with E-state index in [9.17, 15) is 14.4 Å². The van der Waals surface area contributed by atoms with Gasteiger partial charge in [0.25, 0.3) is 0 Å². The quantitative estimate of drug-likeness (QED) is 0.509. The van der Waals surface area contributed by atoms with Crippen LogP contribution in [0.1, 0.15) is 42.7 Å². The minimum absolute atomic E-state index is 0.00804. The standard InChI is InChI=1S/C30H30N2O3/c1-31-27(33)19-30(29(31)35,26-16-14-24(15-17-26)22-9-4-2-5-10-22)20-28(34)32-18-8-13-25(21-32)23-11-6-3-7-12-23/h2-7,9-12,14-17,25H,8,13,18-21H2,1H3/t25-,30+/m1/s1. The summed E-state index contributed by atoms with van der Waals surface area (Å²) in [4.78, 5) is 42.7. The van der Waals surface area contributed by atoms with Crippen molar-refractivity contribution in [1.82, 2.24) is 9.80 Å². The second-order valence-electron chi connectivity index (χ2n) is 9.73. The fourth-order valence-electron chi connectivity index (χ4n) is 5.54. The van der Waals surface area contributed by atoms with E-state index in [0.717, 1.165) is 29.5 Å². The first-order chi connectivity index (χ1) is 17.0. The van der Waals surface area contributed by atoms with E-state index in [1.807, 2.05) is 77.7 Å². The van der Waals surface area contributed by atoms with Crippen LogP contribution < -0.4 is 0 Å². The average Bonchev–Trinajstić information content (AvgIpc) is 3.13. The van der Waals surface area contributed by atoms with Crippen molar-refractivity contribution in [2.75, 3.05) is 20.1 Å². The van der Waals surface area contributed by atoms with Crippen LogP contribution in [-0.4, -0.2) is 47.7 Å². The van der Waals surface area contributed by atoms with Crippen LogP contribution in [0.15, 0.2) is 84.9 Å². The number of carbonyl (C=O) groups is 3.